The van der Waals surface area contributed by atoms with Crippen LogP contribution in [0.4, 0.5) is 11.9 Å². The van der Waals surface area contributed by atoms with Gasteiger partial charge in [-0.15, -0.1) is 0 Å². The van der Waals surface area contributed by atoms with Crippen molar-refractivity contribution >= 4 is 11.9 Å². The number of nitrogens with two attached hydrogens (primary N) is 1. The highest BCUT2D eigenvalue weighted by molar-refractivity contribution is 5.36. The molecule has 0 unspecified atom stereocenters. The summed E-state index contributed by atoms with van der Waals surface area (Å²) in [6, 6.07) is 0.313. The smallest absolute Gasteiger partial charge is 0.323 e. The van der Waals surface area contributed by atoms with Crippen molar-refractivity contribution in [3.8, 4) is 6.01 Å². The molecule has 17 heavy (non-hydrogen) atoms. The minimum absolute atomic E-state index is 0.0333. The van der Waals surface area contributed by atoms with Crippen molar-refractivity contribution in [2.75, 3.05) is 23.7 Å². The van der Waals surface area contributed by atoms with Gasteiger partial charge in [0.2, 0.25) is 11.9 Å². The lowest BCUT2D eigenvalue weighted by atomic mass is 10.1. The fraction of sp³-hybridized carbons (Fsp3) is 0.727. The molecule has 0 amide bonds. The van der Waals surface area contributed by atoms with E-state index in [9.17, 15) is 0 Å². The van der Waals surface area contributed by atoms with E-state index in [0.717, 1.165) is 13.1 Å². The lowest BCUT2D eigenvalue weighted by Crippen LogP contribution is -2.31. The van der Waals surface area contributed by atoms with Crippen LogP contribution in [0, 0.1) is 0 Å². The van der Waals surface area contributed by atoms with Crippen molar-refractivity contribution in [3.63, 3.8) is 0 Å². The normalized spacial score (nSPS) is 16.3. The van der Waals surface area contributed by atoms with E-state index in [1.165, 1.54) is 19.3 Å². The van der Waals surface area contributed by atoms with E-state index in [1.807, 2.05) is 13.8 Å². The number of aromatic nitrogens is 3. The van der Waals surface area contributed by atoms with Gasteiger partial charge in [-0.3, -0.25) is 0 Å². The number of ether oxygens (including phenoxy) is 1. The summed E-state index contributed by atoms with van der Waals surface area (Å²) in [5.41, 5.74) is 5.67. The largest absolute Gasteiger partial charge is 0.461 e. The Hall–Kier alpha value is -1.59. The Morgan fingerprint density at radius 1 is 1.12 bits per heavy atom. The standard InChI is InChI=1S/C11H19N5O/c1-8(2)17-11-14-9(12)13-10(15-11)16-6-4-3-5-7-16/h8H,3-7H2,1-2H3,(H2,12,13,14,15). The zero-order valence-corrected chi connectivity index (χ0v) is 10.4. The Kier molecular flexibility index (Phi) is 3.61. The highest BCUT2D eigenvalue weighted by Gasteiger charge is 2.16. The quantitative estimate of drug-likeness (QED) is 0.852. The number of anilines is 2. The van der Waals surface area contributed by atoms with Gasteiger partial charge >= 0.3 is 6.01 Å². The maximum atomic E-state index is 5.67. The zero-order valence-electron chi connectivity index (χ0n) is 10.4. The summed E-state index contributed by atoms with van der Waals surface area (Å²) in [7, 11) is 0. The molecule has 1 aromatic heterocycles. The van der Waals surface area contributed by atoms with Crippen LogP contribution in [0.15, 0.2) is 0 Å². The van der Waals surface area contributed by atoms with Crippen molar-refractivity contribution in [1.29, 1.82) is 0 Å². The first-order valence-corrected chi connectivity index (χ1v) is 6.08. The van der Waals surface area contributed by atoms with Crippen LogP contribution in [-0.2, 0) is 0 Å². The first kappa shape index (κ1) is 11.9. The van der Waals surface area contributed by atoms with Crippen molar-refractivity contribution in [2.24, 2.45) is 0 Å². The third kappa shape index (κ3) is 3.18. The van der Waals surface area contributed by atoms with Crippen molar-refractivity contribution in [1.82, 2.24) is 15.0 Å². The first-order valence-electron chi connectivity index (χ1n) is 6.08. The van der Waals surface area contributed by atoms with E-state index in [1.54, 1.807) is 0 Å². The van der Waals surface area contributed by atoms with Gasteiger partial charge in [0.1, 0.15) is 0 Å². The van der Waals surface area contributed by atoms with Crippen molar-refractivity contribution < 1.29 is 4.74 Å². The third-order valence-corrected chi connectivity index (χ3v) is 2.60. The molecular formula is C11H19N5O. The van der Waals surface area contributed by atoms with Crippen molar-refractivity contribution in [2.45, 2.75) is 39.2 Å². The van der Waals surface area contributed by atoms with Gasteiger partial charge < -0.3 is 15.4 Å². The van der Waals surface area contributed by atoms with Gasteiger partial charge in [-0.25, -0.2) is 0 Å². The monoisotopic (exact) mass is 237 g/mol. The molecule has 2 rings (SSSR count). The second-order valence-corrected chi connectivity index (χ2v) is 4.49. The van der Waals surface area contributed by atoms with Crippen molar-refractivity contribution in [3.05, 3.63) is 0 Å². The Labute approximate surface area is 101 Å². The Morgan fingerprint density at radius 3 is 2.47 bits per heavy atom. The topological polar surface area (TPSA) is 77.2 Å². The van der Waals surface area contributed by atoms with Gasteiger partial charge in [-0.2, -0.15) is 15.0 Å². The summed E-state index contributed by atoms with van der Waals surface area (Å²) >= 11 is 0. The van der Waals surface area contributed by atoms with Gasteiger partial charge in [0, 0.05) is 13.1 Å². The van der Waals surface area contributed by atoms with Gasteiger partial charge in [0.05, 0.1) is 6.10 Å². The van der Waals surface area contributed by atoms with E-state index < -0.39 is 0 Å². The van der Waals surface area contributed by atoms with Gasteiger partial charge in [-0.05, 0) is 33.1 Å². The predicted molar refractivity (Wildman–Crippen MR) is 66.1 cm³/mol. The fourth-order valence-corrected chi connectivity index (χ4v) is 1.86. The van der Waals surface area contributed by atoms with E-state index in [4.69, 9.17) is 10.5 Å². The van der Waals surface area contributed by atoms with Gasteiger partial charge in [0.15, 0.2) is 0 Å². The van der Waals surface area contributed by atoms with Crippen LogP contribution < -0.4 is 15.4 Å². The average Bonchev–Trinajstić information content (AvgIpc) is 2.28. The molecule has 2 heterocycles. The summed E-state index contributed by atoms with van der Waals surface area (Å²) in [5.74, 6) is 0.851. The predicted octanol–water partition coefficient (Wildman–Crippen LogP) is 1.23. The highest BCUT2D eigenvalue weighted by Crippen LogP contribution is 2.18. The van der Waals surface area contributed by atoms with Crippen LogP contribution >= 0.6 is 0 Å². The molecule has 0 spiro atoms. The maximum Gasteiger partial charge on any atom is 0.323 e. The van der Waals surface area contributed by atoms with Crippen LogP contribution in [0.5, 0.6) is 6.01 Å². The van der Waals surface area contributed by atoms with Crippen LogP contribution in [0.1, 0.15) is 33.1 Å². The molecule has 0 aliphatic carbocycles. The number of hydrogen-bond acceptors (Lipinski definition) is 6. The number of rotatable bonds is 3. The number of nitrogen functional groups attached to an aromatic ring is 1. The van der Waals surface area contributed by atoms with E-state index in [2.05, 4.69) is 19.9 Å². The molecule has 0 bridgehead atoms. The molecule has 1 aromatic rings. The lowest BCUT2D eigenvalue weighted by molar-refractivity contribution is 0.222. The Bertz CT molecular complexity index is 376. The lowest BCUT2D eigenvalue weighted by Gasteiger charge is -2.26. The van der Waals surface area contributed by atoms with E-state index in [-0.39, 0.29) is 12.1 Å². The summed E-state index contributed by atoms with van der Waals surface area (Å²) in [5, 5.41) is 0. The molecule has 6 heteroatoms. The second kappa shape index (κ2) is 5.16. The summed E-state index contributed by atoms with van der Waals surface area (Å²) in [4.78, 5) is 14.6. The second-order valence-electron chi connectivity index (χ2n) is 4.49. The molecule has 0 atom stereocenters. The van der Waals surface area contributed by atoms with E-state index in [0.29, 0.717) is 12.0 Å². The van der Waals surface area contributed by atoms with Crippen LogP contribution in [0.3, 0.4) is 0 Å². The molecule has 1 aliphatic heterocycles. The first-order chi connectivity index (χ1) is 8.15. The number of piperidine rings is 1. The van der Waals surface area contributed by atoms with Crippen LogP contribution in [0.25, 0.3) is 0 Å². The highest BCUT2D eigenvalue weighted by atomic mass is 16.5. The van der Waals surface area contributed by atoms with Crippen LogP contribution in [0.2, 0.25) is 0 Å². The molecule has 1 saturated heterocycles. The molecule has 0 aromatic carbocycles. The molecule has 2 N–H and O–H groups in total. The molecule has 1 fully saturated rings. The van der Waals surface area contributed by atoms with E-state index >= 15 is 0 Å². The molecule has 6 nitrogen and oxygen atoms in total. The molecular weight excluding hydrogens is 218 g/mol. The fourth-order valence-electron chi connectivity index (χ4n) is 1.86. The SMILES string of the molecule is CC(C)Oc1nc(N)nc(N2CCCCC2)n1. The van der Waals surface area contributed by atoms with Gasteiger partial charge in [0.25, 0.3) is 0 Å². The summed E-state index contributed by atoms with van der Waals surface area (Å²) in [6.07, 6.45) is 3.65. The Balaban J connectivity index is 2.18. The molecule has 0 saturated carbocycles. The Morgan fingerprint density at radius 2 is 1.82 bits per heavy atom. The zero-order chi connectivity index (χ0) is 12.3. The molecule has 1 aliphatic rings. The summed E-state index contributed by atoms with van der Waals surface area (Å²) in [6.45, 7) is 5.82. The molecule has 94 valence electrons. The minimum atomic E-state index is 0.0333. The maximum absolute atomic E-state index is 5.67. The molecule has 0 radical (unpaired) electrons. The van der Waals surface area contributed by atoms with Gasteiger partial charge in [-0.1, -0.05) is 0 Å². The average molecular weight is 237 g/mol. The summed E-state index contributed by atoms with van der Waals surface area (Å²) < 4.78 is 5.46. The number of nitrogens with zero attached hydrogens (tertiary/aromatic N) is 4. The third-order valence-electron chi connectivity index (χ3n) is 2.60. The van der Waals surface area contributed by atoms with Crippen LogP contribution in [-0.4, -0.2) is 34.1 Å². The minimum Gasteiger partial charge on any atom is -0.461 e. The number of hydrogen-bond donors (Lipinski definition) is 1.